The zero-order valence-corrected chi connectivity index (χ0v) is 18.4. The van der Waals surface area contributed by atoms with E-state index in [1.54, 1.807) is 23.1 Å². The molecule has 1 saturated heterocycles. The Labute approximate surface area is 190 Å². The van der Waals surface area contributed by atoms with E-state index < -0.39 is 12.2 Å². The number of nitrogens with zero attached hydrogens (tertiary/aromatic N) is 3. The van der Waals surface area contributed by atoms with Gasteiger partial charge in [0.1, 0.15) is 12.5 Å². The Morgan fingerprint density at radius 1 is 1.15 bits per heavy atom. The van der Waals surface area contributed by atoms with Gasteiger partial charge < -0.3 is 24.2 Å². The molecule has 0 saturated carbocycles. The lowest BCUT2D eigenvalue weighted by Crippen LogP contribution is -2.43. The van der Waals surface area contributed by atoms with Crippen LogP contribution >= 0.6 is 0 Å². The second-order valence-corrected chi connectivity index (χ2v) is 8.97. The molecular formula is C24H24N4O5. The molecule has 1 aromatic heterocycles. The molecule has 0 aliphatic carbocycles. The van der Waals surface area contributed by atoms with Crippen molar-refractivity contribution in [3.8, 4) is 11.4 Å². The van der Waals surface area contributed by atoms with Crippen molar-refractivity contribution in [2.75, 3.05) is 23.4 Å². The number of fused-ring (bicyclic) bond motifs is 1. The third kappa shape index (κ3) is 4.12. The fourth-order valence-electron chi connectivity index (χ4n) is 4.11. The highest BCUT2D eigenvalue weighted by atomic mass is 16.7. The first kappa shape index (κ1) is 21.3. The molecule has 3 heterocycles. The molecule has 0 radical (unpaired) electrons. The molecule has 33 heavy (non-hydrogen) atoms. The van der Waals surface area contributed by atoms with Gasteiger partial charge >= 0.3 is 0 Å². The van der Waals surface area contributed by atoms with E-state index in [-0.39, 0.29) is 17.9 Å². The van der Waals surface area contributed by atoms with Crippen LogP contribution in [-0.4, -0.2) is 42.0 Å². The Kier molecular flexibility index (Phi) is 5.43. The minimum absolute atomic E-state index is 0.112. The van der Waals surface area contributed by atoms with Gasteiger partial charge in [-0.1, -0.05) is 49.3 Å². The lowest BCUT2D eigenvalue weighted by Gasteiger charge is -2.36. The Hall–Kier alpha value is -3.56. The number of amides is 2. The SMILES string of the molecule is CC1(C)COC(C2C(=O)N(Cc3nc(-c4ccccc4)no3)c3ccc(NC=O)cc32)OC1. The van der Waals surface area contributed by atoms with Crippen LogP contribution in [0, 0.1) is 5.41 Å². The second-order valence-electron chi connectivity index (χ2n) is 8.97. The molecule has 2 aromatic carbocycles. The monoisotopic (exact) mass is 448 g/mol. The first-order chi connectivity index (χ1) is 15.9. The van der Waals surface area contributed by atoms with Crippen LogP contribution in [0.25, 0.3) is 11.4 Å². The van der Waals surface area contributed by atoms with Gasteiger partial charge in [0, 0.05) is 22.4 Å². The van der Waals surface area contributed by atoms with Crippen LogP contribution in [0.5, 0.6) is 0 Å². The smallest absolute Gasteiger partial charge is 0.247 e. The number of nitrogens with one attached hydrogen (secondary N) is 1. The van der Waals surface area contributed by atoms with Crippen LogP contribution < -0.4 is 10.2 Å². The number of aromatic nitrogens is 2. The van der Waals surface area contributed by atoms with Gasteiger partial charge in [-0.15, -0.1) is 0 Å². The summed E-state index contributed by atoms with van der Waals surface area (Å²) in [7, 11) is 0. The molecule has 2 aliphatic rings. The quantitative estimate of drug-likeness (QED) is 0.577. The summed E-state index contributed by atoms with van der Waals surface area (Å²) in [5.74, 6) is -0.0744. The van der Waals surface area contributed by atoms with E-state index >= 15 is 0 Å². The minimum Gasteiger partial charge on any atom is -0.351 e. The molecule has 3 aromatic rings. The number of benzene rings is 2. The van der Waals surface area contributed by atoms with E-state index in [2.05, 4.69) is 15.5 Å². The normalized spacial score (nSPS) is 20.0. The van der Waals surface area contributed by atoms with Gasteiger partial charge in [-0.2, -0.15) is 4.98 Å². The van der Waals surface area contributed by atoms with Crippen molar-refractivity contribution in [2.24, 2.45) is 5.41 Å². The molecule has 2 aliphatic heterocycles. The third-order valence-corrected chi connectivity index (χ3v) is 5.75. The molecule has 0 spiro atoms. The maximum atomic E-state index is 13.6. The lowest BCUT2D eigenvalue weighted by molar-refractivity contribution is -0.229. The average molecular weight is 448 g/mol. The molecule has 0 bridgehead atoms. The third-order valence-electron chi connectivity index (χ3n) is 5.75. The van der Waals surface area contributed by atoms with E-state index in [9.17, 15) is 9.59 Å². The highest BCUT2D eigenvalue weighted by molar-refractivity contribution is 6.05. The number of ether oxygens (including phenoxy) is 2. The van der Waals surface area contributed by atoms with Gasteiger partial charge in [0.05, 0.1) is 13.2 Å². The summed E-state index contributed by atoms with van der Waals surface area (Å²) < 4.78 is 17.3. The Morgan fingerprint density at radius 3 is 2.64 bits per heavy atom. The van der Waals surface area contributed by atoms with Crippen molar-refractivity contribution in [3.63, 3.8) is 0 Å². The summed E-state index contributed by atoms with van der Waals surface area (Å²) >= 11 is 0. The molecule has 9 heteroatoms. The van der Waals surface area contributed by atoms with E-state index in [1.165, 1.54) is 0 Å². The van der Waals surface area contributed by atoms with Gasteiger partial charge in [-0.25, -0.2) is 0 Å². The predicted molar refractivity (Wildman–Crippen MR) is 119 cm³/mol. The lowest BCUT2D eigenvalue weighted by atomic mass is 9.93. The van der Waals surface area contributed by atoms with Crippen molar-refractivity contribution in [2.45, 2.75) is 32.6 Å². The Morgan fingerprint density at radius 2 is 1.91 bits per heavy atom. The van der Waals surface area contributed by atoms with E-state index in [1.807, 2.05) is 44.2 Å². The maximum absolute atomic E-state index is 13.6. The van der Waals surface area contributed by atoms with Gasteiger partial charge in [-0.3, -0.25) is 9.59 Å². The molecule has 1 atom stereocenters. The standard InChI is InChI=1S/C24H24N4O5/c1-24(2)12-31-23(32-13-24)20-17-10-16(25-14-29)8-9-18(17)28(22(20)30)11-19-26-21(27-33-19)15-6-4-3-5-7-15/h3-10,14,20,23H,11-13H2,1-2H3,(H,25,29). The number of anilines is 2. The van der Waals surface area contributed by atoms with Crippen molar-refractivity contribution >= 4 is 23.7 Å². The van der Waals surface area contributed by atoms with Crippen LogP contribution in [-0.2, 0) is 25.6 Å². The molecule has 2 amide bonds. The Bertz CT molecular complexity index is 1170. The fourth-order valence-corrected chi connectivity index (χ4v) is 4.11. The van der Waals surface area contributed by atoms with E-state index in [4.69, 9.17) is 14.0 Å². The molecule has 170 valence electrons. The first-order valence-corrected chi connectivity index (χ1v) is 10.7. The molecule has 5 rings (SSSR count). The summed E-state index contributed by atoms with van der Waals surface area (Å²) in [5.41, 5.74) is 2.70. The molecule has 1 unspecified atom stereocenters. The number of carbonyl (C=O) groups excluding carboxylic acids is 2. The van der Waals surface area contributed by atoms with Crippen molar-refractivity contribution in [3.05, 3.63) is 60.0 Å². The second kappa shape index (κ2) is 8.42. The Balaban J connectivity index is 1.44. The van der Waals surface area contributed by atoms with Crippen molar-refractivity contribution in [1.82, 2.24) is 10.1 Å². The van der Waals surface area contributed by atoms with Crippen molar-refractivity contribution < 1.29 is 23.6 Å². The first-order valence-electron chi connectivity index (χ1n) is 10.7. The van der Waals surface area contributed by atoms with Gasteiger partial charge in [0.2, 0.25) is 24.0 Å². The van der Waals surface area contributed by atoms with Crippen LogP contribution in [0.1, 0.15) is 31.2 Å². The molecule has 9 nitrogen and oxygen atoms in total. The van der Waals surface area contributed by atoms with Crippen LogP contribution in [0.15, 0.2) is 53.1 Å². The molecule has 1 fully saturated rings. The number of rotatable bonds is 6. The summed E-state index contributed by atoms with van der Waals surface area (Å²) in [4.78, 5) is 30.6. The topological polar surface area (TPSA) is 107 Å². The zero-order chi connectivity index (χ0) is 23.0. The summed E-state index contributed by atoms with van der Waals surface area (Å²) in [6.45, 7) is 5.17. The largest absolute Gasteiger partial charge is 0.351 e. The summed E-state index contributed by atoms with van der Waals surface area (Å²) in [5, 5.41) is 6.69. The predicted octanol–water partition coefficient (Wildman–Crippen LogP) is 3.33. The highest BCUT2D eigenvalue weighted by Gasteiger charge is 2.46. The van der Waals surface area contributed by atoms with Crippen LogP contribution in [0.4, 0.5) is 11.4 Å². The van der Waals surface area contributed by atoms with Gasteiger partial charge in [0.15, 0.2) is 6.29 Å². The average Bonchev–Trinajstić information content (AvgIpc) is 3.38. The fraction of sp³-hybridized carbons (Fsp3) is 0.333. The molecular weight excluding hydrogens is 424 g/mol. The summed E-state index contributed by atoms with van der Waals surface area (Å²) in [6, 6.07) is 14.8. The number of hydrogen-bond donors (Lipinski definition) is 1. The van der Waals surface area contributed by atoms with Gasteiger partial charge in [-0.05, 0) is 23.8 Å². The molecule has 1 N–H and O–H groups in total. The maximum Gasteiger partial charge on any atom is 0.247 e. The van der Waals surface area contributed by atoms with E-state index in [0.717, 1.165) is 11.1 Å². The minimum atomic E-state index is -0.719. The van der Waals surface area contributed by atoms with Gasteiger partial charge in [0.25, 0.3) is 0 Å². The van der Waals surface area contributed by atoms with E-state index in [0.29, 0.717) is 42.7 Å². The number of carbonyl (C=O) groups is 2. The highest BCUT2D eigenvalue weighted by Crippen LogP contribution is 2.44. The number of hydrogen-bond acceptors (Lipinski definition) is 7. The van der Waals surface area contributed by atoms with Crippen LogP contribution in [0.2, 0.25) is 0 Å². The van der Waals surface area contributed by atoms with Crippen LogP contribution in [0.3, 0.4) is 0 Å². The van der Waals surface area contributed by atoms with Crippen molar-refractivity contribution in [1.29, 1.82) is 0 Å². The zero-order valence-electron chi connectivity index (χ0n) is 18.4. The summed E-state index contributed by atoms with van der Waals surface area (Å²) in [6.07, 6.45) is -0.117.